The molecule has 1 aliphatic rings. The van der Waals surface area contributed by atoms with Crippen LogP contribution in [0.25, 0.3) is 0 Å². The predicted octanol–water partition coefficient (Wildman–Crippen LogP) is 3.81. The molecule has 124 valence electrons. The summed E-state index contributed by atoms with van der Waals surface area (Å²) in [5.41, 5.74) is 3.58. The Bertz CT molecular complexity index is 896. The Morgan fingerprint density at radius 2 is 1.80 bits per heavy atom. The summed E-state index contributed by atoms with van der Waals surface area (Å²) in [5.74, 6) is 0.526. The summed E-state index contributed by atoms with van der Waals surface area (Å²) in [6.07, 6.45) is 4.36. The van der Waals surface area contributed by atoms with E-state index in [2.05, 4.69) is 33.2 Å². The van der Waals surface area contributed by atoms with Crippen molar-refractivity contribution in [1.82, 2.24) is 9.97 Å². The van der Waals surface area contributed by atoms with E-state index in [1.54, 1.807) is 30.6 Å². The number of para-hydroxylation sites is 1. The molecule has 1 N–H and O–H groups in total. The average Bonchev–Trinajstić information content (AvgIpc) is 3.00. The van der Waals surface area contributed by atoms with Crippen LogP contribution in [0.4, 0.5) is 17.3 Å². The minimum Gasteiger partial charge on any atom is -0.320 e. The lowest BCUT2D eigenvalue weighted by atomic mass is 10.1. The zero-order chi connectivity index (χ0) is 17.2. The smallest absolute Gasteiger partial charge is 0.255 e. The molecule has 5 nitrogen and oxygen atoms in total. The van der Waals surface area contributed by atoms with Gasteiger partial charge in [-0.05, 0) is 43.2 Å². The van der Waals surface area contributed by atoms with E-state index in [0.29, 0.717) is 11.5 Å². The Morgan fingerprint density at radius 1 is 1.04 bits per heavy atom. The third-order valence-electron chi connectivity index (χ3n) is 4.37. The number of anilines is 3. The first-order valence-electron chi connectivity index (χ1n) is 8.28. The first-order valence-corrected chi connectivity index (χ1v) is 8.28. The lowest BCUT2D eigenvalue weighted by molar-refractivity contribution is 0.102. The van der Waals surface area contributed by atoms with Crippen LogP contribution in [0.15, 0.2) is 67.0 Å². The van der Waals surface area contributed by atoms with Gasteiger partial charge in [-0.3, -0.25) is 4.79 Å². The first kappa shape index (κ1) is 15.3. The molecule has 0 spiro atoms. The quantitative estimate of drug-likeness (QED) is 0.793. The Labute approximate surface area is 146 Å². The molecule has 2 aromatic carbocycles. The molecule has 2 heterocycles. The minimum atomic E-state index is -0.123. The summed E-state index contributed by atoms with van der Waals surface area (Å²) < 4.78 is 0. The molecule has 3 aromatic rings. The molecule has 5 heteroatoms. The number of carbonyl (C=O) groups is 1. The molecule has 0 aliphatic carbocycles. The Morgan fingerprint density at radius 3 is 2.56 bits per heavy atom. The van der Waals surface area contributed by atoms with E-state index in [1.165, 1.54) is 5.56 Å². The van der Waals surface area contributed by atoms with Gasteiger partial charge < -0.3 is 10.2 Å². The topological polar surface area (TPSA) is 58.1 Å². The van der Waals surface area contributed by atoms with Gasteiger partial charge in [0, 0.05) is 24.0 Å². The van der Waals surface area contributed by atoms with E-state index in [4.69, 9.17) is 0 Å². The highest BCUT2D eigenvalue weighted by Crippen LogP contribution is 2.41. The van der Waals surface area contributed by atoms with Gasteiger partial charge in [-0.1, -0.05) is 30.3 Å². The summed E-state index contributed by atoms with van der Waals surface area (Å²) in [7, 11) is 0. The number of nitrogens with one attached hydrogen (secondary N) is 1. The van der Waals surface area contributed by atoms with Crippen LogP contribution in [0.5, 0.6) is 0 Å². The van der Waals surface area contributed by atoms with Crippen LogP contribution >= 0.6 is 0 Å². The van der Waals surface area contributed by atoms with Crippen LogP contribution in [0.3, 0.4) is 0 Å². The second-order valence-corrected chi connectivity index (χ2v) is 6.11. The van der Waals surface area contributed by atoms with E-state index in [-0.39, 0.29) is 11.9 Å². The van der Waals surface area contributed by atoms with Crippen molar-refractivity contribution in [2.45, 2.75) is 19.4 Å². The zero-order valence-electron chi connectivity index (χ0n) is 13.9. The van der Waals surface area contributed by atoms with Crippen molar-refractivity contribution in [2.75, 3.05) is 10.2 Å². The van der Waals surface area contributed by atoms with Gasteiger partial charge in [0.1, 0.15) is 0 Å². The number of fused-ring (bicyclic) bond motifs is 1. The molecule has 0 bridgehead atoms. The maximum atomic E-state index is 12.6. The highest BCUT2D eigenvalue weighted by molar-refractivity contribution is 6.06. The number of hydrogen-bond acceptors (Lipinski definition) is 4. The SMILES string of the molecule is CC1Cc2cccc(NC(=O)c3ccccc3)c2N1c1ncccn1. The molecule has 1 atom stereocenters. The van der Waals surface area contributed by atoms with Crippen LogP contribution < -0.4 is 10.2 Å². The molecule has 1 aromatic heterocycles. The number of nitrogens with zero attached hydrogens (tertiary/aromatic N) is 3. The monoisotopic (exact) mass is 330 g/mol. The average molecular weight is 330 g/mol. The van der Waals surface area contributed by atoms with Crippen LogP contribution in [0, 0.1) is 0 Å². The largest absolute Gasteiger partial charge is 0.320 e. The Kier molecular flexibility index (Phi) is 3.90. The van der Waals surface area contributed by atoms with Crippen molar-refractivity contribution in [2.24, 2.45) is 0 Å². The van der Waals surface area contributed by atoms with E-state index in [1.807, 2.05) is 30.3 Å². The van der Waals surface area contributed by atoms with Gasteiger partial charge in [-0.25, -0.2) is 9.97 Å². The Balaban J connectivity index is 1.72. The van der Waals surface area contributed by atoms with E-state index in [0.717, 1.165) is 17.8 Å². The lowest BCUT2D eigenvalue weighted by Crippen LogP contribution is -2.26. The highest BCUT2D eigenvalue weighted by Gasteiger charge is 2.31. The summed E-state index contributed by atoms with van der Waals surface area (Å²) in [4.78, 5) is 23.5. The molecular weight excluding hydrogens is 312 g/mol. The first-order chi connectivity index (χ1) is 12.2. The van der Waals surface area contributed by atoms with Gasteiger partial charge >= 0.3 is 0 Å². The standard InChI is InChI=1S/C20H18N4O/c1-14-13-16-9-5-10-17(23-19(25)15-7-3-2-4-8-15)18(16)24(14)20-21-11-6-12-22-20/h2-12,14H,13H2,1H3,(H,23,25). The van der Waals surface area contributed by atoms with Crippen molar-refractivity contribution in [3.63, 3.8) is 0 Å². The van der Waals surface area contributed by atoms with Gasteiger partial charge in [0.25, 0.3) is 5.91 Å². The van der Waals surface area contributed by atoms with Gasteiger partial charge in [0.2, 0.25) is 5.95 Å². The van der Waals surface area contributed by atoms with Gasteiger partial charge in [0.15, 0.2) is 0 Å². The second-order valence-electron chi connectivity index (χ2n) is 6.11. The molecule has 1 aliphatic heterocycles. The van der Waals surface area contributed by atoms with Crippen LogP contribution in [-0.2, 0) is 6.42 Å². The van der Waals surface area contributed by atoms with E-state index < -0.39 is 0 Å². The third kappa shape index (κ3) is 2.85. The fourth-order valence-corrected chi connectivity index (χ4v) is 3.27. The maximum absolute atomic E-state index is 12.6. The minimum absolute atomic E-state index is 0.123. The molecule has 0 saturated heterocycles. The maximum Gasteiger partial charge on any atom is 0.255 e. The van der Waals surface area contributed by atoms with Crippen LogP contribution in [0.2, 0.25) is 0 Å². The van der Waals surface area contributed by atoms with E-state index >= 15 is 0 Å². The highest BCUT2D eigenvalue weighted by atomic mass is 16.1. The fourth-order valence-electron chi connectivity index (χ4n) is 3.27. The molecule has 1 amide bonds. The van der Waals surface area contributed by atoms with Crippen molar-refractivity contribution in [1.29, 1.82) is 0 Å². The summed E-state index contributed by atoms with van der Waals surface area (Å²) in [5, 5.41) is 3.04. The summed E-state index contributed by atoms with van der Waals surface area (Å²) in [6.45, 7) is 2.14. The number of carbonyl (C=O) groups excluding carboxylic acids is 1. The van der Waals surface area contributed by atoms with Crippen LogP contribution in [0.1, 0.15) is 22.8 Å². The molecule has 0 fully saturated rings. The summed E-state index contributed by atoms with van der Waals surface area (Å²) in [6, 6.07) is 17.2. The van der Waals surface area contributed by atoms with Crippen molar-refractivity contribution >= 4 is 23.2 Å². The molecule has 4 rings (SSSR count). The molecule has 25 heavy (non-hydrogen) atoms. The number of rotatable bonds is 3. The van der Waals surface area contributed by atoms with Crippen LogP contribution in [-0.4, -0.2) is 21.9 Å². The van der Waals surface area contributed by atoms with E-state index in [9.17, 15) is 4.79 Å². The Hall–Kier alpha value is -3.21. The lowest BCUT2D eigenvalue weighted by Gasteiger charge is -2.24. The molecule has 0 radical (unpaired) electrons. The van der Waals surface area contributed by atoms with Gasteiger partial charge in [-0.2, -0.15) is 0 Å². The number of hydrogen-bond donors (Lipinski definition) is 1. The van der Waals surface area contributed by atoms with Gasteiger partial charge in [-0.15, -0.1) is 0 Å². The third-order valence-corrected chi connectivity index (χ3v) is 4.37. The predicted molar refractivity (Wildman–Crippen MR) is 98.2 cm³/mol. The number of benzene rings is 2. The molecule has 1 unspecified atom stereocenters. The summed E-state index contributed by atoms with van der Waals surface area (Å²) >= 11 is 0. The van der Waals surface area contributed by atoms with Crippen molar-refractivity contribution in [3.8, 4) is 0 Å². The second kappa shape index (κ2) is 6.36. The molecular formula is C20H18N4O. The number of amides is 1. The van der Waals surface area contributed by atoms with Crippen molar-refractivity contribution < 1.29 is 4.79 Å². The molecule has 0 saturated carbocycles. The number of aromatic nitrogens is 2. The zero-order valence-corrected chi connectivity index (χ0v) is 13.9. The van der Waals surface area contributed by atoms with Crippen molar-refractivity contribution in [3.05, 3.63) is 78.1 Å². The van der Waals surface area contributed by atoms with Gasteiger partial charge in [0.05, 0.1) is 11.4 Å². The fraction of sp³-hybridized carbons (Fsp3) is 0.150. The normalized spacial score (nSPS) is 15.7.